The number of hydrogen-bond acceptors (Lipinski definition) is 8. The van der Waals surface area contributed by atoms with Gasteiger partial charge in [-0.1, -0.05) is 0 Å². The zero-order valence-electron chi connectivity index (χ0n) is 16.9. The van der Waals surface area contributed by atoms with Gasteiger partial charge in [0.15, 0.2) is 11.5 Å². The number of piperidine rings is 1. The van der Waals surface area contributed by atoms with E-state index in [-0.39, 0.29) is 24.8 Å². The number of rotatable bonds is 5. The zero-order valence-corrected chi connectivity index (χ0v) is 16.9. The van der Waals surface area contributed by atoms with E-state index in [1.165, 1.54) is 7.11 Å². The summed E-state index contributed by atoms with van der Waals surface area (Å²) < 4.78 is 21.7. The summed E-state index contributed by atoms with van der Waals surface area (Å²) in [5.74, 6) is 1.78. The Kier molecular flexibility index (Phi) is 5.03. The number of ether oxygens (including phenoxy) is 4. The number of carbonyl (C=O) groups is 1. The van der Waals surface area contributed by atoms with E-state index < -0.39 is 0 Å². The van der Waals surface area contributed by atoms with Gasteiger partial charge in [0.1, 0.15) is 11.8 Å². The minimum atomic E-state index is -0.0818. The van der Waals surface area contributed by atoms with Gasteiger partial charge in [-0.05, 0) is 24.3 Å². The highest BCUT2D eigenvalue weighted by atomic mass is 16.7. The summed E-state index contributed by atoms with van der Waals surface area (Å²) in [6, 6.07) is 9.31. The average Bonchev–Trinajstić information content (AvgIpc) is 3.48. The molecule has 4 heterocycles. The molecule has 0 radical (unpaired) electrons. The maximum Gasteiger partial charge on any atom is 0.319 e. The van der Waals surface area contributed by atoms with Crippen molar-refractivity contribution in [3.05, 3.63) is 42.2 Å². The monoisotopic (exact) mass is 423 g/mol. The number of likely N-dealkylation sites (tertiary alicyclic amines) is 1. The lowest BCUT2D eigenvalue weighted by Gasteiger charge is -2.31. The number of carbonyl (C=O) groups excluding carboxylic acids is 1. The number of aromatic nitrogens is 4. The molecule has 0 bridgehead atoms. The topological polar surface area (TPSA) is 112 Å². The summed E-state index contributed by atoms with van der Waals surface area (Å²) in [5, 5.41) is 7.15. The largest absolute Gasteiger partial charge is 0.474 e. The number of aromatic amines is 1. The van der Waals surface area contributed by atoms with Gasteiger partial charge in [0.05, 0.1) is 12.8 Å². The Morgan fingerprint density at radius 1 is 1.16 bits per heavy atom. The van der Waals surface area contributed by atoms with E-state index in [4.69, 9.17) is 18.9 Å². The van der Waals surface area contributed by atoms with Gasteiger partial charge in [-0.15, -0.1) is 0 Å². The molecule has 2 aliphatic rings. The number of fused-ring (bicyclic) bond motifs is 1. The zero-order chi connectivity index (χ0) is 21.2. The number of methoxy groups -OCH3 is 1. The van der Waals surface area contributed by atoms with Gasteiger partial charge in [-0.2, -0.15) is 10.1 Å². The van der Waals surface area contributed by atoms with Gasteiger partial charge in [0.2, 0.25) is 12.7 Å². The van der Waals surface area contributed by atoms with Gasteiger partial charge in [0, 0.05) is 43.8 Å². The lowest BCUT2D eigenvalue weighted by atomic mass is 10.1. The Hall–Kier alpha value is -3.82. The Morgan fingerprint density at radius 2 is 2.00 bits per heavy atom. The fourth-order valence-electron chi connectivity index (χ4n) is 3.64. The standard InChI is InChI=1S/C21H21N5O5/c1-28-21-22-7-4-19(23-21)31-14-5-8-26(9-6-14)20(27)16-11-15(24-25-16)13-2-3-17-18(10-13)30-12-29-17/h2-4,7,10-11,14H,5-6,8-9,12H2,1H3,(H,24,25). The smallest absolute Gasteiger partial charge is 0.319 e. The minimum absolute atomic E-state index is 0.0189. The Balaban J connectivity index is 1.20. The third-order valence-corrected chi connectivity index (χ3v) is 5.28. The second-order valence-electron chi connectivity index (χ2n) is 7.23. The maximum absolute atomic E-state index is 12.9. The molecule has 160 valence electrons. The number of nitrogens with one attached hydrogen (secondary N) is 1. The summed E-state index contributed by atoms with van der Waals surface area (Å²) in [6.45, 7) is 1.39. The SMILES string of the molecule is COc1nccc(OC2CCN(C(=O)c3cc(-c4ccc5c(c4)OCO5)n[nH]3)CC2)n1. The van der Waals surface area contributed by atoms with E-state index >= 15 is 0 Å². The van der Waals surface area contributed by atoms with Crippen molar-refractivity contribution < 1.29 is 23.7 Å². The highest BCUT2D eigenvalue weighted by molar-refractivity contribution is 5.93. The van der Waals surface area contributed by atoms with Gasteiger partial charge in [-0.25, -0.2) is 4.98 Å². The maximum atomic E-state index is 12.9. The molecular weight excluding hydrogens is 402 g/mol. The van der Waals surface area contributed by atoms with Crippen molar-refractivity contribution in [1.29, 1.82) is 0 Å². The Morgan fingerprint density at radius 3 is 2.84 bits per heavy atom. The fourth-order valence-corrected chi connectivity index (χ4v) is 3.64. The predicted octanol–water partition coefficient (Wildman–Crippen LogP) is 2.29. The Labute approximate surface area is 178 Å². The molecule has 0 aliphatic carbocycles. The van der Waals surface area contributed by atoms with Crippen LogP contribution in [0.3, 0.4) is 0 Å². The number of H-pyrrole nitrogens is 1. The number of hydrogen-bond donors (Lipinski definition) is 1. The first-order valence-electron chi connectivity index (χ1n) is 9.98. The normalized spacial score (nSPS) is 15.7. The molecule has 31 heavy (non-hydrogen) atoms. The van der Waals surface area contributed by atoms with Crippen LogP contribution in [0.25, 0.3) is 11.3 Å². The first-order chi connectivity index (χ1) is 15.2. The van der Waals surface area contributed by atoms with Gasteiger partial charge < -0.3 is 23.8 Å². The van der Waals surface area contributed by atoms with Crippen LogP contribution in [0.1, 0.15) is 23.3 Å². The molecule has 2 aliphatic heterocycles. The lowest BCUT2D eigenvalue weighted by Crippen LogP contribution is -2.42. The van der Waals surface area contributed by atoms with Crippen molar-refractivity contribution in [2.24, 2.45) is 0 Å². The van der Waals surface area contributed by atoms with E-state index in [2.05, 4.69) is 20.2 Å². The number of amides is 1. The molecule has 2 aromatic heterocycles. The highest BCUT2D eigenvalue weighted by Gasteiger charge is 2.26. The van der Waals surface area contributed by atoms with Crippen molar-refractivity contribution in [2.45, 2.75) is 18.9 Å². The van der Waals surface area contributed by atoms with Crippen molar-refractivity contribution >= 4 is 5.91 Å². The summed E-state index contributed by atoms with van der Waals surface area (Å²) in [7, 11) is 1.51. The molecule has 0 spiro atoms. The van der Waals surface area contributed by atoms with E-state index in [9.17, 15) is 4.79 Å². The van der Waals surface area contributed by atoms with Gasteiger partial charge in [0.25, 0.3) is 5.91 Å². The summed E-state index contributed by atoms with van der Waals surface area (Å²) in [4.78, 5) is 22.9. The second-order valence-corrected chi connectivity index (χ2v) is 7.23. The predicted molar refractivity (Wildman–Crippen MR) is 108 cm³/mol. The van der Waals surface area contributed by atoms with E-state index in [0.29, 0.717) is 54.7 Å². The summed E-state index contributed by atoms with van der Waals surface area (Å²) in [6.07, 6.45) is 2.99. The van der Waals surface area contributed by atoms with Crippen LogP contribution in [0, 0.1) is 0 Å². The van der Waals surface area contributed by atoms with Crippen LogP contribution in [0.4, 0.5) is 0 Å². The molecule has 1 saturated heterocycles. The van der Waals surface area contributed by atoms with Crippen molar-refractivity contribution in [3.63, 3.8) is 0 Å². The summed E-state index contributed by atoms with van der Waals surface area (Å²) >= 11 is 0. The Bertz CT molecular complexity index is 1090. The van der Waals surface area contributed by atoms with Crippen LogP contribution < -0.4 is 18.9 Å². The molecule has 5 rings (SSSR count). The van der Waals surface area contributed by atoms with Crippen LogP contribution >= 0.6 is 0 Å². The van der Waals surface area contributed by atoms with Crippen molar-refractivity contribution in [1.82, 2.24) is 25.1 Å². The average molecular weight is 423 g/mol. The second kappa shape index (κ2) is 8.13. The van der Waals surface area contributed by atoms with Crippen LogP contribution in [-0.4, -0.2) is 64.1 Å². The molecule has 1 amide bonds. The van der Waals surface area contributed by atoms with Gasteiger partial charge in [-0.3, -0.25) is 9.89 Å². The molecule has 0 atom stereocenters. The van der Waals surface area contributed by atoms with Crippen molar-refractivity contribution in [3.8, 4) is 34.6 Å². The lowest BCUT2D eigenvalue weighted by molar-refractivity contribution is 0.0581. The fraction of sp³-hybridized carbons (Fsp3) is 0.333. The number of nitrogens with zero attached hydrogens (tertiary/aromatic N) is 4. The van der Waals surface area contributed by atoms with E-state index in [0.717, 1.165) is 5.56 Å². The molecule has 0 saturated carbocycles. The third kappa shape index (κ3) is 3.96. The van der Waals surface area contributed by atoms with E-state index in [1.54, 1.807) is 23.2 Å². The van der Waals surface area contributed by atoms with Crippen LogP contribution in [0.5, 0.6) is 23.4 Å². The van der Waals surface area contributed by atoms with Crippen LogP contribution in [0.2, 0.25) is 0 Å². The molecule has 3 aromatic rings. The quantitative estimate of drug-likeness (QED) is 0.665. The molecule has 1 aromatic carbocycles. The molecule has 10 nitrogen and oxygen atoms in total. The van der Waals surface area contributed by atoms with Crippen LogP contribution in [0.15, 0.2) is 36.5 Å². The van der Waals surface area contributed by atoms with Crippen LogP contribution in [-0.2, 0) is 0 Å². The summed E-state index contributed by atoms with van der Waals surface area (Å²) in [5.41, 5.74) is 1.98. The molecule has 1 fully saturated rings. The van der Waals surface area contributed by atoms with E-state index in [1.807, 2.05) is 18.2 Å². The van der Waals surface area contributed by atoms with Gasteiger partial charge >= 0.3 is 6.01 Å². The first kappa shape index (κ1) is 19.2. The molecule has 10 heteroatoms. The molecule has 0 unspecified atom stereocenters. The number of benzene rings is 1. The molecule has 1 N–H and O–H groups in total. The minimum Gasteiger partial charge on any atom is -0.474 e. The third-order valence-electron chi connectivity index (χ3n) is 5.28. The van der Waals surface area contributed by atoms with Crippen molar-refractivity contribution in [2.75, 3.05) is 27.0 Å². The highest BCUT2D eigenvalue weighted by Crippen LogP contribution is 2.35. The first-order valence-corrected chi connectivity index (χ1v) is 9.98. The molecular formula is C21H21N5O5.